The van der Waals surface area contributed by atoms with Gasteiger partial charge in [0, 0.05) is 12.8 Å². The Balaban J connectivity index is 0.00000220. The first-order chi connectivity index (χ1) is 9.43. The molecule has 0 radical (unpaired) electrons. The minimum Gasteiger partial charge on any atom is -1.00 e. The van der Waals surface area contributed by atoms with Crippen LogP contribution >= 0.6 is 23.2 Å². The van der Waals surface area contributed by atoms with Crippen LogP contribution in [0.25, 0.3) is 0 Å². The molecule has 2 rings (SSSR count). The van der Waals surface area contributed by atoms with Crippen LogP contribution in [0.2, 0.25) is 10.0 Å². The largest absolute Gasteiger partial charge is 1.00 e. The van der Waals surface area contributed by atoms with Gasteiger partial charge in [0.05, 0.1) is 10.0 Å². The first kappa shape index (κ1) is 17.9. The molecule has 1 aliphatic heterocycles. The first-order valence-corrected chi connectivity index (χ1v) is 7.19. The van der Waals surface area contributed by atoms with Crippen molar-refractivity contribution < 1.29 is 17.0 Å². The zero-order valence-corrected chi connectivity index (χ0v) is 14.1. The van der Waals surface area contributed by atoms with Gasteiger partial charge in [-0.1, -0.05) is 37.0 Å². The van der Waals surface area contributed by atoms with Crippen molar-refractivity contribution in [2.45, 2.75) is 32.4 Å². The molecule has 0 aliphatic carbocycles. The van der Waals surface area contributed by atoms with E-state index in [-0.39, 0.29) is 12.4 Å². The summed E-state index contributed by atoms with van der Waals surface area (Å²) in [6, 6.07) is 5.37. The third-order valence-corrected chi connectivity index (χ3v) is 4.27. The molecule has 5 N–H and O–H groups in total. The molecular formula is C13H18Cl3N5. The van der Waals surface area contributed by atoms with Gasteiger partial charge in [-0.2, -0.15) is 4.99 Å². The Morgan fingerprint density at radius 3 is 2.33 bits per heavy atom. The summed E-state index contributed by atoms with van der Waals surface area (Å²) >= 11 is 12.1. The van der Waals surface area contributed by atoms with Crippen molar-refractivity contribution in [2.75, 3.05) is 0 Å². The summed E-state index contributed by atoms with van der Waals surface area (Å²) in [5.41, 5.74) is 12.2. The highest BCUT2D eigenvalue weighted by molar-refractivity contribution is 6.42. The van der Waals surface area contributed by atoms with E-state index >= 15 is 0 Å². The standard InChI is InChI=1S/C13H17Cl2N5.ClH/c1-3-13(4-2)19-11(16)18-12(17)20(13)8-5-6-9(14)10(15)7-8;/h5-7H,3-4H2,1-2H3,(H4,16,17,18,19);1H. The molecule has 8 heteroatoms. The minimum absolute atomic E-state index is 0. The number of benzene rings is 1. The molecule has 0 unspecified atom stereocenters. The molecule has 1 aromatic rings. The Hall–Kier alpha value is -1.17. The fraction of sp³-hybridized carbons (Fsp3) is 0.385. The summed E-state index contributed by atoms with van der Waals surface area (Å²) in [4.78, 5) is 4.54. The van der Waals surface area contributed by atoms with Crippen LogP contribution in [0.4, 0.5) is 5.69 Å². The van der Waals surface area contributed by atoms with E-state index in [2.05, 4.69) is 10.3 Å². The number of hydrogen-bond donors (Lipinski definition) is 3. The van der Waals surface area contributed by atoms with E-state index in [0.29, 0.717) is 22.0 Å². The Labute approximate surface area is 140 Å². The van der Waals surface area contributed by atoms with Crippen LogP contribution < -0.4 is 29.2 Å². The quantitative estimate of drug-likeness (QED) is 0.636. The predicted octanol–water partition coefficient (Wildman–Crippen LogP) is -0.610. The third kappa shape index (κ3) is 3.20. The molecule has 0 saturated carbocycles. The van der Waals surface area contributed by atoms with Crippen molar-refractivity contribution in [2.24, 2.45) is 16.5 Å². The Bertz CT molecular complexity index is 593. The van der Waals surface area contributed by atoms with E-state index in [9.17, 15) is 0 Å². The van der Waals surface area contributed by atoms with Crippen molar-refractivity contribution in [1.82, 2.24) is 5.32 Å². The molecule has 5 nitrogen and oxygen atoms in total. The zero-order chi connectivity index (χ0) is 14.9. The Morgan fingerprint density at radius 1 is 1.19 bits per heavy atom. The maximum absolute atomic E-state index is 6.11. The zero-order valence-electron chi connectivity index (χ0n) is 11.8. The second-order valence-electron chi connectivity index (χ2n) is 4.63. The van der Waals surface area contributed by atoms with Crippen LogP contribution in [0, 0.1) is 0 Å². The second-order valence-corrected chi connectivity index (χ2v) is 5.45. The Morgan fingerprint density at radius 2 is 1.81 bits per heavy atom. The number of hydrogen-bond acceptors (Lipinski definition) is 4. The highest BCUT2D eigenvalue weighted by Crippen LogP contribution is 2.33. The molecule has 0 fully saturated rings. The van der Waals surface area contributed by atoms with E-state index < -0.39 is 5.66 Å². The molecule has 0 bridgehead atoms. The highest BCUT2D eigenvalue weighted by Gasteiger charge is 2.40. The van der Waals surface area contributed by atoms with Gasteiger partial charge in [0.15, 0.2) is 5.66 Å². The van der Waals surface area contributed by atoms with E-state index in [1.165, 1.54) is 0 Å². The molecule has 1 aromatic carbocycles. The van der Waals surface area contributed by atoms with E-state index in [0.717, 1.165) is 18.5 Å². The van der Waals surface area contributed by atoms with Crippen molar-refractivity contribution in [3.63, 3.8) is 0 Å². The molecule has 0 spiro atoms. The van der Waals surface area contributed by atoms with Gasteiger partial charge in [-0.05, 0) is 18.2 Å². The second kappa shape index (κ2) is 6.73. The SMILES string of the molecule is CCC1(CC)N=C(N)NC(N)=[N+]1c1ccc(Cl)c(Cl)c1.[Cl-]. The maximum Gasteiger partial charge on any atom is 0.357 e. The van der Waals surface area contributed by atoms with Gasteiger partial charge in [-0.15, -0.1) is 0 Å². The number of aliphatic imine (C=N–C) groups is 1. The summed E-state index contributed by atoms with van der Waals surface area (Å²) in [6.45, 7) is 4.09. The minimum atomic E-state index is -0.517. The average molecular weight is 351 g/mol. The topological polar surface area (TPSA) is 79.4 Å². The van der Waals surface area contributed by atoms with Crippen LogP contribution in [0.1, 0.15) is 26.7 Å². The fourth-order valence-corrected chi connectivity index (χ4v) is 2.73. The first-order valence-electron chi connectivity index (χ1n) is 6.43. The van der Waals surface area contributed by atoms with Gasteiger partial charge in [0.25, 0.3) is 5.96 Å². The summed E-state index contributed by atoms with van der Waals surface area (Å²) in [5, 5.41) is 3.83. The fourth-order valence-electron chi connectivity index (χ4n) is 2.44. The number of nitrogens with one attached hydrogen (secondary N) is 1. The van der Waals surface area contributed by atoms with Crippen molar-refractivity contribution in [3.8, 4) is 0 Å². The molecule has 21 heavy (non-hydrogen) atoms. The number of guanidine groups is 2. The highest BCUT2D eigenvalue weighted by atomic mass is 35.5. The van der Waals surface area contributed by atoms with Crippen molar-refractivity contribution in [3.05, 3.63) is 28.2 Å². The number of rotatable bonds is 3. The summed E-state index contributed by atoms with van der Waals surface area (Å²) in [6.07, 6.45) is 1.51. The van der Waals surface area contributed by atoms with Gasteiger partial charge < -0.3 is 18.1 Å². The van der Waals surface area contributed by atoms with Crippen molar-refractivity contribution >= 4 is 40.8 Å². The van der Waals surface area contributed by atoms with Gasteiger partial charge in [-0.25, -0.2) is 9.89 Å². The predicted molar refractivity (Wildman–Crippen MR) is 83.6 cm³/mol. The maximum atomic E-state index is 6.11. The number of nitrogens with zero attached hydrogens (tertiary/aromatic N) is 2. The lowest BCUT2D eigenvalue weighted by Gasteiger charge is -2.33. The van der Waals surface area contributed by atoms with Crippen LogP contribution in [0.5, 0.6) is 0 Å². The lowest BCUT2D eigenvalue weighted by molar-refractivity contribution is -0.539. The number of nitrogens with two attached hydrogens (primary N) is 2. The third-order valence-electron chi connectivity index (χ3n) is 3.54. The van der Waals surface area contributed by atoms with E-state index in [4.69, 9.17) is 34.7 Å². The summed E-state index contributed by atoms with van der Waals surface area (Å²) in [7, 11) is 0. The molecule has 0 atom stereocenters. The molecule has 0 aromatic heterocycles. The monoisotopic (exact) mass is 349 g/mol. The van der Waals surface area contributed by atoms with Gasteiger partial charge in [0.1, 0.15) is 5.69 Å². The normalized spacial score (nSPS) is 16.9. The summed E-state index contributed by atoms with van der Waals surface area (Å²) < 4.78 is 1.91. The molecule has 1 heterocycles. The molecule has 1 aliphatic rings. The Kier molecular flexibility index (Phi) is 5.73. The average Bonchev–Trinajstić information content (AvgIpc) is 2.41. The lowest BCUT2D eigenvalue weighted by atomic mass is 10.0. The molecule has 116 valence electrons. The lowest BCUT2D eigenvalue weighted by Crippen LogP contribution is -3.00. The number of halogens is 3. The van der Waals surface area contributed by atoms with Crippen LogP contribution in [0.3, 0.4) is 0 Å². The van der Waals surface area contributed by atoms with Gasteiger partial charge in [-0.3, -0.25) is 5.73 Å². The van der Waals surface area contributed by atoms with Crippen LogP contribution in [-0.2, 0) is 0 Å². The van der Waals surface area contributed by atoms with Gasteiger partial charge >= 0.3 is 5.96 Å². The molecule has 0 amide bonds. The molecular weight excluding hydrogens is 333 g/mol. The smallest absolute Gasteiger partial charge is 0.357 e. The van der Waals surface area contributed by atoms with Gasteiger partial charge in [0.2, 0.25) is 0 Å². The summed E-state index contributed by atoms with van der Waals surface area (Å²) in [5.74, 6) is 0.752. The molecule has 0 saturated heterocycles. The van der Waals surface area contributed by atoms with Crippen molar-refractivity contribution in [1.29, 1.82) is 0 Å². The van der Waals surface area contributed by atoms with Crippen LogP contribution in [-0.4, -0.2) is 22.2 Å². The van der Waals surface area contributed by atoms with Crippen LogP contribution in [0.15, 0.2) is 23.2 Å². The van der Waals surface area contributed by atoms with E-state index in [1.54, 1.807) is 12.1 Å². The van der Waals surface area contributed by atoms with E-state index in [1.807, 2.05) is 24.5 Å².